The molecule has 1 aromatic heterocycles. The quantitative estimate of drug-likeness (QED) is 0.874. The number of halogens is 2. The molecular formula is C12H12F2N4. The monoisotopic (exact) mass is 250 g/mol. The second kappa shape index (κ2) is 5.39. The third kappa shape index (κ3) is 2.91. The Labute approximate surface area is 103 Å². The summed E-state index contributed by atoms with van der Waals surface area (Å²) in [5.74, 6) is 0.0799. The van der Waals surface area contributed by atoms with Gasteiger partial charge in [-0.3, -0.25) is 0 Å². The van der Waals surface area contributed by atoms with Crippen LogP contribution in [0.3, 0.4) is 0 Å². The molecule has 0 atom stereocenters. The topological polar surface area (TPSA) is 49.8 Å². The van der Waals surface area contributed by atoms with Crippen molar-refractivity contribution in [2.45, 2.75) is 6.54 Å². The highest BCUT2D eigenvalue weighted by atomic mass is 19.1. The van der Waals surface area contributed by atoms with Crippen LogP contribution in [0.2, 0.25) is 0 Å². The fourth-order valence-corrected chi connectivity index (χ4v) is 1.44. The van der Waals surface area contributed by atoms with Crippen LogP contribution in [0, 0.1) is 11.6 Å². The smallest absolute Gasteiger partial charge is 0.224 e. The number of hydrogen-bond donors (Lipinski definition) is 2. The van der Waals surface area contributed by atoms with Crippen molar-refractivity contribution in [1.82, 2.24) is 9.97 Å². The molecule has 0 fully saturated rings. The largest absolute Gasteiger partial charge is 0.366 e. The maximum absolute atomic E-state index is 13.4. The Kier molecular flexibility index (Phi) is 3.66. The van der Waals surface area contributed by atoms with E-state index < -0.39 is 11.6 Å². The van der Waals surface area contributed by atoms with Gasteiger partial charge in [-0.1, -0.05) is 0 Å². The van der Waals surface area contributed by atoms with Gasteiger partial charge < -0.3 is 10.6 Å². The molecule has 0 aliphatic heterocycles. The predicted octanol–water partition coefficient (Wildman–Crippen LogP) is 2.41. The number of anilines is 2. The van der Waals surface area contributed by atoms with Crippen molar-refractivity contribution in [1.29, 1.82) is 0 Å². The van der Waals surface area contributed by atoms with Crippen LogP contribution in [0.1, 0.15) is 5.56 Å². The molecule has 18 heavy (non-hydrogen) atoms. The summed E-state index contributed by atoms with van der Waals surface area (Å²) in [6, 6.07) is 4.99. The van der Waals surface area contributed by atoms with Crippen LogP contribution in [-0.4, -0.2) is 17.0 Å². The molecule has 0 amide bonds. The van der Waals surface area contributed by atoms with Gasteiger partial charge in [0.1, 0.15) is 17.5 Å². The molecular weight excluding hydrogens is 238 g/mol. The lowest BCUT2D eigenvalue weighted by atomic mass is 10.2. The van der Waals surface area contributed by atoms with Crippen LogP contribution >= 0.6 is 0 Å². The SMILES string of the molecule is CNc1nccc(NCc2cc(F)ccc2F)n1. The van der Waals surface area contributed by atoms with E-state index in [4.69, 9.17) is 0 Å². The maximum atomic E-state index is 13.4. The molecule has 2 aromatic rings. The first-order chi connectivity index (χ1) is 8.69. The minimum Gasteiger partial charge on any atom is -0.366 e. The molecule has 0 unspecified atom stereocenters. The van der Waals surface area contributed by atoms with Crippen molar-refractivity contribution in [2.75, 3.05) is 17.7 Å². The predicted molar refractivity (Wildman–Crippen MR) is 65.3 cm³/mol. The van der Waals surface area contributed by atoms with Crippen LogP contribution < -0.4 is 10.6 Å². The van der Waals surface area contributed by atoms with Gasteiger partial charge in [-0.15, -0.1) is 0 Å². The summed E-state index contributed by atoms with van der Waals surface area (Å²) in [5.41, 5.74) is 0.250. The van der Waals surface area contributed by atoms with Crippen molar-refractivity contribution < 1.29 is 8.78 Å². The molecule has 1 heterocycles. The number of aromatic nitrogens is 2. The second-order valence-electron chi connectivity index (χ2n) is 3.60. The normalized spacial score (nSPS) is 10.2. The van der Waals surface area contributed by atoms with Crippen molar-refractivity contribution in [3.63, 3.8) is 0 Å². The molecule has 2 N–H and O–H groups in total. The van der Waals surface area contributed by atoms with Crippen molar-refractivity contribution in [2.24, 2.45) is 0 Å². The van der Waals surface area contributed by atoms with E-state index in [0.29, 0.717) is 11.8 Å². The number of nitrogens with one attached hydrogen (secondary N) is 2. The summed E-state index contributed by atoms with van der Waals surface area (Å²) in [4.78, 5) is 8.06. The van der Waals surface area contributed by atoms with E-state index in [2.05, 4.69) is 20.6 Å². The number of benzene rings is 1. The maximum Gasteiger partial charge on any atom is 0.224 e. The van der Waals surface area contributed by atoms with Crippen LogP contribution in [0.25, 0.3) is 0 Å². The lowest BCUT2D eigenvalue weighted by Crippen LogP contribution is -2.05. The van der Waals surface area contributed by atoms with Gasteiger partial charge in [0, 0.05) is 25.4 Å². The molecule has 2 rings (SSSR count). The van der Waals surface area contributed by atoms with Gasteiger partial charge in [-0.05, 0) is 24.3 Å². The van der Waals surface area contributed by atoms with E-state index in [9.17, 15) is 8.78 Å². The van der Waals surface area contributed by atoms with Crippen molar-refractivity contribution in [3.05, 3.63) is 47.7 Å². The fourth-order valence-electron chi connectivity index (χ4n) is 1.44. The van der Waals surface area contributed by atoms with Crippen molar-refractivity contribution >= 4 is 11.8 Å². The fraction of sp³-hybridized carbons (Fsp3) is 0.167. The van der Waals surface area contributed by atoms with Gasteiger partial charge in [-0.25, -0.2) is 13.8 Å². The van der Waals surface area contributed by atoms with E-state index in [1.54, 1.807) is 19.3 Å². The first kappa shape index (κ1) is 12.2. The minimum absolute atomic E-state index is 0.157. The standard InChI is InChI=1S/C12H12F2N4/c1-15-12-16-5-4-11(18-12)17-7-8-6-9(13)2-3-10(8)14/h2-6H,7H2,1H3,(H2,15,16,17,18). The van der Waals surface area contributed by atoms with E-state index >= 15 is 0 Å². The molecule has 0 aliphatic carbocycles. The van der Waals surface area contributed by atoms with Gasteiger partial charge in [0.15, 0.2) is 0 Å². The molecule has 1 aromatic carbocycles. The summed E-state index contributed by atoms with van der Waals surface area (Å²) in [7, 11) is 1.70. The number of rotatable bonds is 4. The molecule has 0 saturated heterocycles. The molecule has 0 saturated carbocycles. The van der Waals surface area contributed by atoms with E-state index in [0.717, 1.165) is 18.2 Å². The average Bonchev–Trinajstić information content (AvgIpc) is 2.40. The zero-order valence-electron chi connectivity index (χ0n) is 9.74. The Morgan fingerprint density at radius 1 is 1.22 bits per heavy atom. The number of hydrogen-bond acceptors (Lipinski definition) is 4. The third-order valence-electron chi connectivity index (χ3n) is 2.35. The summed E-state index contributed by atoms with van der Waals surface area (Å²) in [5, 5.41) is 5.70. The zero-order chi connectivity index (χ0) is 13.0. The van der Waals surface area contributed by atoms with Gasteiger partial charge in [-0.2, -0.15) is 4.98 Å². The minimum atomic E-state index is -0.466. The Balaban J connectivity index is 2.08. The van der Waals surface area contributed by atoms with Gasteiger partial charge in [0.05, 0.1) is 0 Å². The molecule has 4 nitrogen and oxygen atoms in total. The first-order valence-corrected chi connectivity index (χ1v) is 5.37. The summed E-state index contributed by atoms with van der Waals surface area (Å²) < 4.78 is 26.3. The van der Waals surface area contributed by atoms with E-state index in [1.165, 1.54) is 0 Å². The summed E-state index contributed by atoms with van der Waals surface area (Å²) in [6.45, 7) is 0.157. The Morgan fingerprint density at radius 3 is 2.83 bits per heavy atom. The van der Waals surface area contributed by atoms with E-state index in [1.807, 2.05) is 0 Å². The highest BCUT2D eigenvalue weighted by Gasteiger charge is 2.04. The molecule has 6 heteroatoms. The summed E-state index contributed by atoms with van der Waals surface area (Å²) in [6.07, 6.45) is 1.57. The highest BCUT2D eigenvalue weighted by molar-refractivity contribution is 5.40. The van der Waals surface area contributed by atoms with Crippen LogP contribution in [0.5, 0.6) is 0 Å². The molecule has 0 aliphatic rings. The van der Waals surface area contributed by atoms with Gasteiger partial charge in [0.2, 0.25) is 5.95 Å². The van der Waals surface area contributed by atoms with Crippen molar-refractivity contribution in [3.8, 4) is 0 Å². The lowest BCUT2D eigenvalue weighted by Gasteiger charge is -2.07. The lowest BCUT2D eigenvalue weighted by molar-refractivity contribution is 0.587. The Hall–Kier alpha value is -2.24. The molecule has 0 bridgehead atoms. The molecule has 0 radical (unpaired) electrons. The Bertz CT molecular complexity index is 545. The number of nitrogens with zero attached hydrogens (tertiary/aromatic N) is 2. The molecule has 0 spiro atoms. The Morgan fingerprint density at radius 2 is 2.06 bits per heavy atom. The molecule has 94 valence electrons. The van der Waals surface area contributed by atoms with Gasteiger partial charge in [0.25, 0.3) is 0 Å². The average molecular weight is 250 g/mol. The third-order valence-corrected chi connectivity index (χ3v) is 2.35. The van der Waals surface area contributed by atoms with E-state index in [-0.39, 0.29) is 12.1 Å². The van der Waals surface area contributed by atoms with Crippen LogP contribution in [0.4, 0.5) is 20.5 Å². The highest BCUT2D eigenvalue weighted by Crippen LogP contribution is 2.12. The second-order valence-corrected chi connectivity index (χ2v) is 3.60. The van der Waals surface area contributed by atoms with Crippen LogP contribution in [-0.2, 0) is 6.54 Å². The van der Waals surface area contributed by atoms with Gasteiger partial charge >= 0.3 is 0 Å². The van der Waals surface area contributed by atoms with Crippen LogP contribution in [0.15, 0.2) is 30.5 Å². The summed E-state index contributed by atoms with van der Waals surface area (Å²) >= 11 is 0. The first-order valence-electron chi connectivity index (χ1n) is 5.37. The zero-order valence-corrected chi connectivity index (χ0v) is 9.74.